The number of carbonyl (C=O) groups is 2. The molecule has 1 fully saturated rings. The maximum Gasteiger partial charge on any atom is 0.407 e. The molecule has 8 nitrogen and oxygen atoms in total. The second-order valence-corrected chi connectivity index (χ2v) is 11.8. The summed E-state index contributed by atoms with van der Waals surface area (Å²) in [5.74, 6) is -0.325. The van der Waals surface area contributed by atoms with Gasteiger partial charge in [0.15, 0.2) is 0 Å². The van der Waals surface area contributed by atoms with E-state index in [2.05, 4.69) is 50.6 Å². The molecule has 0 unspecified atom stereocenters. The molecule has 0 radical (unpaired) electrons. The van der Waals surface area contributed by atoms with Crippen LogP contribution in [-0.2, 0) is 27.2 Å². The van der Waals surface area contributed by atoms with Crippen molar-refractivity contribution in [3.05, 3.63) is 52.3 Å². The van der Waals surface area contributed by atoms with Crippen molar-refractivity contribution in [2.75, 3.05) is 20.2 Å². The van der Waals surface area contributed by atoms with Gasteiger partial charge in [0.2, 0.25) is 0 Å². The highest BCUT2D eigenvalue weighted by molar-refractivity contribution is 9.10. The Bertz CT molecular complexity index is 1350. The molecule has 0 aliphatic carbocycles. The summed E-state index contributed by atoms with van der Waals surface area (Å²) in [5.41, 5.74) is 4.28. The van der Waals surface area contributed by atoms with Gasteiger partial charge in [-0.15, -0.1) is 0 Å². The van der Waals surface area contributed by atoms with Gasteiger partial charge in [0.1, 0.15) is 5.60 Å². The van der Waals surface area contributed by atoms with Crippen molar-refractivity contribution in [3.8, 4) is 11.3 Å². The molecule has 0 bridgehead atoms. The summed E-state index contributed by atoms with van der Waals surface area (Å²) in [4.78, 5) is 30.6. The van der Waals surface area contributed by atoms with E-state index in [-0.39, 0.29) is 24.4 Å². The molecule has 1 N–H and O–H groups in total. The molecule has 1 aliphatic rings. The SMILES string of the molecule is CCn1c(-c2cccnc2[C@H](C)OC)c(CC(C)(C)OC(=O)C[C@H]2CCCN(C(=O)O)C2)c2cc(Br)ccc21. The van der Waals surface area contributed by atoms with Gasteiger partial charge in [-0.25, -0.2) is 4.79 Å². The van der Waals surface area contributed by atoms with E-state index in [9.17, 15) is 14.7 Å². The van der Waals surface area contributed by atoms with Gasteiger partial charge in [-0.2, -0.15) is 0 Å². The second-order valence-electron chi connectivity index (χ2n) is 10.9. The number of carboxylic acid groups (broad SMARTS) is 1. The number of hydrogen-bond acceptors (Lipinski definition) is 5. The summed E-state index contributed by atoms with van der Waals surface area (Å²) < 4.78 is 15.0. The van der Waals surface area contributed by atoms with Crippen LogP contribution in [0.1, 0.15) is 64.3 Å². The molecular formula is C30H38BrN3O5. The molecule has 210 valence electrons. The van der Waals surface area contributed by atoms with Crippen LogP contribution in [0.5, 0.6) is 0 Å². The number of nitrogens with zero attached hydrogens (tertiary/aromatic N) is 3. The van der Waals surface area contributed by atoms with Crippen molar-refractivity contribution >= 4 is 38.9 Å². The van der Waals surface area contributed by atoms with Gasteiger partial charge in [0.05, 0.1) is 23.9 Å². The third kappa shape index (κ3) is 6.47. The number of hydrogen-bond donors (Lipinski definition) is 1. The zero-order valence-corrected chi connectivity index (χ0v) is 25.0. The molecule has 3 aromatic rings. The van der Waals surface area contributed by atoms with E-state index in [4.69, 9.17) is 9.47 Å². The predicted octanol–water partition coefficient (Wildman–Crippen LogP) is 6.84. The van der Waals surface area contributed by atoms with E-state index in [0.717, 1.165) is 57.3 Å². The number of methoxy groups -OCH3 is 1. The summed E-state index contributed by atoms with van der Waals surface area (Å²) in [5, 5.41) is 10.4. The number of piperidine rings is 1. The summed E-state index contributed by atoms with van der Waals surface area (Å²) >= 11 is 3.64. The fraction of sp³-hybridized carbons (Fsp3) is 0.500. The van der Waals surface area contributed by atoms with Crippen LogP contribution in [-0.4, -0.2) is 57.4 Å². The third-order valence-electron chi connectivity index (χ3n) is 7.52. The number of amides is 1. The molecular weight excluding hydrogens is 562 g/mol. The average Bonchev–Trinajstić information content (AvgIpc) is 3.19. The largest absolute Gasteiger partial charge is 0.465 e. The fourth-order valence-corrected chi connectivity index (χ4v) is 6.08. The topological polar surface area (TPSA) is 93.9 Å². The lowest BCUT2D eigenvalue weighted by Crippen LogP contribution is -2.40. The molecule has 2 atom stereocenters. The third-order valence-corrected chi connectivity index (χ3v) is 8.01. The lowest BCUT2D eigenvalue weighted by atomic mass is 9.92. The molecule has 9 heteroatoms. The first-order valence-corrected chi connectivity index (χ1v) is 14.3. The zero-order chi connectivity index (χ0) is 28.3. The minimum atomic E-state index is -0.933. The van der Waals surface area contributed by atoms with E-state index >= 15 is 0 Å². The van der Waals surface area contributed by atoms with Gasteiger partial charge < -0.3 is 24.0 Å². The van der Waals surface area contributed by atoms with Gasteiger partial charge in [-0.1, -0.05) is 15.9 Å². The summed E-state index contributed by atoms with van der Waals surface area (Å²) in [7, 11) is 1.68. The highest BCUT2D eigenvalue weighted by Gasteiger charge is 2.32. The van der Waals surface area contributed by atoms with Crippen LogP contribution in [0, 0.1) is 5.92 Å². The Kier molecular flexibility index (Phi) is 9.01. The predicted molar refractivity (Wildman–Crippen MR) is 155 cm³/mol. The van der Waals surface area contributed by atoms with Gasteiger partial charge in [-0.05, 0) is 82.3 Å². The number of fused-ring (bicyclic) bond motifs is 1. The minimum absolute atomic E-state index is 0.0276. The Morgan fingerprint density at radius 2 is 2.05 bits per heavy atom. The standard InChI is InChI=1S/C30H38BrN3O5/c1-6-34-25-12-11-21(31)16-23(25)24(28(34)22-10-7-13-32-27(22)19(2)38-5)17-30(3,4)39-26(35)15-20-9-8-14-33(18-20)29(36)37/h7,10-13,16,19-20H,6,8-9,14-15,17-18H2,1-5H3,(H,36,37)/t19-,20+/m0/s1. The van der Waals surface area contributed by atoms with Crippen molar-refractivity contribution in [1.29, 1.82) is 0 Å². The lowest BCUT2D eigenvalue weighted by molar-refractivity contribution is -0.157. The molecule has 0 spiro atoms. The van der Waals surface area contributed by atoms with E-state index in [1.54, 1.807) is 13.3 Å². The highest BCUT2D eigenvalue weighted by Crippen LogP contribution is 2.40. The molecule has 3 heterocycles. The summed E-state index contributed by atoms with van der Waals surface area (Å²) in [6, 6.07) is 10.3. The number of benzene rings is 1. The van der Waals surface area contributed by atoms with E-state index in [1.807, 2.05) is 32.9 Å². The first-order valence-electron chi connectivity index (χ1n) is 13.5. The zero-order valence-electron chi connectivity index (χ0n) is 23.4. The first kappa shape index (κ1) is 29.1. The Balaban J connectivity index is 1.70. The smallest absolute Gasteiger partial charge is 0.407 e. The van der Waals surface area contributed by atoms with Crippen LogP contribution < -0.4 is 0 Å². The minimum Gasteiger partial charge on any atom is -0.465 e. The van der Waals surface area contributed by atoms with E-state index in [1.165, 1.54) is 4.90 Å². The van der Waals surface area contributed by atoms with E-state index in [0.29, 0.717) is 19.5 Å². The van der Waals surface area contributed by atoms with Crippen molar-refractivity contribution in [3.63, 3.8) is 0 Å². The molecule has 2 aromatic heterocycles. The highest BCUT2D eigenvalue weighted by atomic mass is 79.9. The number of halogens is 1. The fourth-order valence-electron chi connectivity index (χ4n) is 5.72. The molecule has 1 aliphatic heterocycles. The second kappa shape index (κ2) is 12.1. The van der Waals surface area contributed by atoms with Crippen LogP contribution in [0.2, 0.25) is 0 Å². The number of pyridine rings is 1. The van der Waals surface area contributed by atoms with Crippen LogP contribution in [0.4, 0.5) is 4.79 Å². The van der Waals surface area contributed by atoms with E-state index < -0.39 is 11.7 Å². The van der Waals surface area contributed by atoms with Gasteiger partial charge in [0, 0.05) is 60.3 Å². The normalized spacial score (nSPS) is 16.9. The quantitative estimate of drug-likeness (QED) is 0.271. The Morgan fingerprint density at radius 3 is 2.74 bits per heavy atom. The molecule has 1 aromatic carbocycles. The number of esters is 1. The number of ether oxygens (including phenoxy) is 2. The van der Waals surface area contributed by atoms with Crippen molar-refractivity contribution in [1.82, 2.24) is 14.5 Å². The Morgan fingerprint density at radius 1 is 1.28 bits per heavy atom. The number of carbonyl (C=O) groups excluding carboxylic acids is 1. The van der Waals surface area contributed by atoms with Crippen molar-refractivity contribution < 1.29 is 24.2 Å². The van der Waals surface area contributed by atoms with Gasteiger partial charge in [0.25, 0.3) is 0 Å². The van der Waals surface area contributed by atoms with Crippen molar-refractivity contribution in [2.45, 2.75) is 71.6 Å². The molecule has 1 saturated heterocycles. The van der Waals surface area contributed by atoms with Crippen LogP contribution in [0.3, 0.4) is 0 Å². The van der Waals surface area contributed by atoms with Gasteiger partial charge >= 0.3 is 12.1 Å². The number of aryl methyl sites for hydroxylation is 1. The summed E-state index contributed by atoms with van der Waals surface area (Å²) in [6.07, 6.45) is 2.94. The maximum absolute atomic E-state index is 13.1. The molecule has 0 saturated carbocycles. The van der Waals surface area contributed by atoms with Crippen LogP contribution >= 0.6 is 15.9 Å². The lowest BCUT2D eigenvalue weighted by Gasteiger charge is -2.31. The Labute approximate surface area is 238 Å². The monoisotopic (exact) mass is 599 g/mol. The van der Waals surface area contributed by atoms with Crippen molar-refractivity contribution in [2.24, 2.45) is 5.92 Å². The van der Waals surface area contributed by atoms with Crippen LogP contribution in [0.15, 0.2) is 41.0 Å². The molecule has 39 heavy (non-hydrogen) atoms. The summed E-state index contributed by atoms with van der Waals surface area (Å²) in [6.45, 7) is 9.63. The van der Waals surface area contributed by atoms with Gasteiger partial charge in [-0.3, -0.25) is 9.78 Å². The Hall–Kier alpha value is -2.91. The number of aromatic nitrogens is 2. The van der Waals surface area contributed by atoms with Crippen LogP contribution in [0.25, 0.3) is 22.2 Å². The molecule has 1 amide bonds. The maximum atomic E-state index is 13.1. The average molecular weight is 601 g/mol. The first-order chi connectivity index (χ1) is 18.5. The number of rotatable bonds is 9. The number of likely N-dealkylation sites (tertiary alicyclic amines) is 1. The molecule has 4 rings (SSSR count).